The van der Waals surface area contributed by atoms with Gasteiger partial charge in [0.15, 0.2) is 15.9 Å². The molecule has 0 bridgehead atoms. The number of nitrogens with one attached hydrogen (secondary N) is 1. The zero-order chi connectivity index (χ0) is 21.8. The average molecular weight is 466 g/mol. The highest BCUT2D eigenvalue weighted by atomic mass is 32.2. The lowest BCUT2D eigenvalue weighted by atomic mass is 10.00. The molecule has 31 heavy (non-hydrogen) atoms. The molecule has 2 aliphatic rings. The molecule has 0 spiro atoms. The Labute approximate surface area is 190 Å². The fourth-order valence-corrected chi connectivity index (χ4v) is 5.81. The predicted molar refractivity (Wildman–Crippen MR) is 125 cm³/mol. The first-order valence-corrected chi connectivity index (χ1v) is 13.0. The Hall–Kier alpha value is -1.65. The molecule has 2 aliphatic heterocycles. The van der Waals surface area contributed by atoms with Crippen LogP contribution in [-0.2, 0) is 16.1 Å². The van der Waals surface area contributed by atoms with E-state index in [2.05, 4.69) is 27.1 Å². The average Bonchev–Trinajstić information content (AvgIpc) is 3.43. The SMILES string of the molecule is CCCn1c(SCC(=O)NC[C@@H]2CCCO2)nc2nc(N3CCC(C)CC3)sc2c1=O. The van der Waals surface area contributed by atoms with Crippen molar-refractivity contribution in [3.63, 3.8) is 0 Å². The van der Waals surface area contributed by atoms with E-state index >= 15 is 0 Å². The molecule has 0 aromatic carbocycles. The van der Waals surface area contributed by atoms with Crippen LogP contribution in [0.3, 0.4) is 0 Å². The molecule has 2 saturated heterocycles. The molecule has 1 atom stereocenters. The maximum absolute atomic E-state index is 13.2. The lowest BCUT2D eigenvalue weighted by molar-refractivity contribution is -0.119. The van der Waals surface area contributed by atoms with Crippen LogP contribution in [0.4, 0.5) is 5.13 Å². The molecule has 0 aliphatic carbocycles. The molecule has 10 heteroatoms. The molecule has 1 amide bonds. The molecule has 0 radical (unpaired) electrons. The van der Waals surface area contributed by atoms with E-state index in [9.17, 15) is 9.59 Å². The van der Waals surface area contributed by atoms with Gasteiger partial charge in [0.25, 0.3) is 5.56 Å². The Morgan fingerprint density at radius 2 is 2.10 bits per heavy atom. The molecule has 1 N–H and O–H groups in total. The van der Waals surface area contributed by atoms with Crippen molar-refractivity contribution in [2.24, 2.45) is 5.92 Å². The third kappa shape index (κ3) is 5.40. The Morgan fingerprint density at radius 1 is 1.29 bits per heavy atom. The lowest BCUT2D eigenvalue weighted by Crippen LogP contribution is -2.33. The highest BCUT2D eigenvalue weighted by Gasteiger charge is 2.22. The molecule has 0 saturated carbocycles. The predicted octanol–water partition coefficient (Wildman–Crippen LogP) is 2.89. The van der Waals surface area contributed by atoms with E-state index in [-0.39, 0.29) is 23.3 Å². The van der Waals surface area contributed by atoms with Crippen molar-refractivity contribution in [2.75, 3.05) is 36.9 Å². The van der Waals surface area contributed by atoms with Crippen molar-refractivity contribution >= 4 is 44.5 Å². The highest BCUT2D eigenvalue weighted by molar-refractivity contribution is 7.99. The van der Waals surface area contributed by atoms with E-state index in [1.807, 2.05) is 6.92 Å². The Kier molecular flexibility index (Phi) is 7.50. The van der Waals surface area contributed by atoms with E-state index < -0.39 is 0 Å². The van der Waals surface area contributed by atoms with Crippen molar-refractivity contribution in [3.8, 4) is 0 Å². The zero-order valence-electron chi connectivity index (χ0n) is 18.3. The Morgan fingerprint density at radius 3 is 2.81 bits per heavy atom. The minimum atomic E-state index is -0.0701. The third-order valence-electron chi connectivity index (χ3n) is 5.85. The van der Waals surface area contributed by atoms with E-state index in [1.165, 1.54) is 23.1 Å². The quantitative estimate of drug-likeness (QED) is 0.474. The van der Waals surface area contributed by atoms with Gasteiger partial charge in [-0.05, 0) is 38.0 Å². The van der Waals surface area contributed by atoms with Crippen LogP contribution in [-0.4, -0.2) is 58.5 Å². The summed E-state index contributed by atoms with van der Waals surface area (Å²) in [7, 11) is 0. The molecule has 2 aromatic rings. The second-order valence-corrected chi connectivity index (χ2v) is 10.3. The first kappa shape index (κ1) is 22.5. The first-order chi connectivity index (χ1) is 15.0. The van der Waals surface area contributed by atoms with Gasteiger partial charge in [0.05, 0.1) is 11.9 Å². The van der Waals surface area contributed by atoms with Crippen molar-refractivity contribution in [3.05, 3.63) is 10.4 Å². The minimum Gasteiger partial charge on any atom is -0.376 e. The van der Waals surface area contributed by atoms with Crippen LogP contribution in [0, 0.1) is 5.92 Å². The second kappa shape index (κ2) is 10.3. The number of thiazole rings is 1. The highest BCUT2D eigenvalue weighted by Crippen LogP contribution is 2.30. The smallest absolute Gasteiger partial charge is 0.273 e. The van der Waals surface area contributed by atoms with Crippen LogP contribution in [0.15, 0.2) is 9.95 Å². The number of aromatic nitrogens is 3. The van der Waals surface area contributed by atoms with Crippen LogP contribution in [0.5, 0.6) is 0 Å². The molecule has 2 aromatic heterocycles. The molecule has 170 valence electrons. The number of ether oxygens (including phenoxy) is 1. The van der Waals surface area contributed by atoms with E-state index in [0.29, 0.717) is 28.6 Å². The molecule has 2 fully saturated rings. The topological polar surface area (TPSA) is 89.3 Å². The fraction of sp³-hybridized carbons (Fsp3) is 0.714. The van der Waals surface area contributed by atoms with Gasteiger partial charge in [0.1, 0.15) is 4.70 Å². The lowest BCUT2D eigenvalue weighted by Gasteiger charge is -2.29. The van der Waals surface area contributed by atoms with Gasteiger partial charge in [-0.2, -0.15) is 4.98 Å². The normalized spacial score (nSPS) is 19.9. The van der Waals surface area contributed by atoms with Crippen LogP contribution >= 0.6 is 23.1 Å². The summed E-state index contributed by atoms with van der Waals surface area (Å²) < 4.78 is 7.85. The Balaban J connectivity index is 1.49. The number of piperidine rings is 1. The van der Waals surface area contributed by atoms with Gasteiger partial charge in [-0.1, -0.05) is 36.9 Å². The van der Waals surface area contributed by atoms with Crippen molar-refractivity contribution in [1.82, 2.24) is 19.9 Å². The summed E-state index contributed by atoms with van der Waals surface area (Å²) in [6.45, 7) is 8.14. The summed E-state index contributed by atoms with van der Waals surface area (Å²) in [6.07, 6.45) is 5.27. The minimum absolute atomic E-state index is 0.0526. The monoisotopic (exact) mass is 465 g/mol. The van der Waals surface area contributed by atoms with Crippen molar-refractivity contribution < 1.29 is 9.53 Å². The standard InChI is InChI=1S/C21H31N5O3S2/c1-3-8-26-19(28)17-18(23-20(31-17)25-9-6-14(2)7-10-25)24-21(26)30-13-16(27)22-12-15-5-4-11-29-15/h14-15H,3-13H2,1-2H3,(H,22,27)/t15-/m0/s1. The second-order valence-electron chi connectivity index (χ2n) is 8.40. The number of rotatable bonds is 8. The number of anilines is 1. The summed E-state index contributed by atoms with van der Waals surface area (Å²) in [6, 6.07) is 0. The van der Waals surface area contributed by atoms with Crippen molar-refractivity contribution in [2.45, 2.75) is 63.8 Å². The van der Waals surface area contributed by atoms with Crippen LogP contribution in [0.2, 0.25) is 0 Å². The molecule has 0 unspecified atom stereocenters. The third-order valence-corrected chi connectivity index (χ3v) is 7.92. The van der Waals surface area contributed by atoms with Crippen molar-refractivity contribution in [1.29, 1.82) is 0 Å². The largest absolute Gasteiger partial charge is 0.376 e. The number of thioether (sulfide) groups is 1. The maximum Gasteiger partial charge on any atom is 0.273 e. The van der Waals surface area contributed by atoms with E-state index in [0.717, 1.165) is 62.8 Å². The van der Waals surface area contributed by atoms with Gasteiger partial charge in [-0.15, -0.1) is 0 Å². The van der Waals surface area contributed by atoms with E-state index in [4.69, 9.17) is 4.74 Å². The number of hydrogen-bond acceptors (Lipinski definition) is 8. The number of nitrogens with zero attached hydrogens (tertiary/aromatic N) is 4. The van der Waals surface area contributed by atoms with Gasteiger partial charge in [0.2, 0.25) is 5.91 Å². The number of amides is 1. The molecule has 8 nitrogen and oxygen atoms in total. The van der Waals surface area contributed by atoms with Gasteiger partial charge in [-0.25, -0.2) is 4.98 Å². The molecule has 4 heterocycles. The number of carbonyl (C=O) groups excluding carboxylic acids is 1. The van der Waals surface area contributed by atoms with Crippen LogP contribution in [0.25, 0.3) is 10.3 Å². The number of carbonyl (C=O) groups is 1. The summed E-state index contributed by atoms with van der Waals surface area (Å²) in [5.74, 6) is 0.884. The Bertz CT molecular complexity index is 962. The number of hydrogen-bond donors (Lipinski definition) is 1. The van der Waals surface area contributed by atoms with Crippen LogP contribution < -0.4 is 15.8 Å². The van der Waals surface area contributed by atoms with Crippen LogP contribution in [0.1, 0.15) is 46.0 Å². The summed E-state index contributed by atoms with van der Waals surface area (Å²) in [4.78, 5) is 37.1. The number of fused-ring (bicyclic) bond motifs is 1. The molecule has 4 rings (SSSR count). The molecular formula is C21H31N5O3S2. The first-order valence-electron chi connectivity index (χ1n) is 11.2. The zero-order valence-corrected chi connectivity index (χ0v) is 19.9. The summed E-state index contributed by atoms with van der Waals surface area (Å²) in [5.41, 5.74) is 0.446. The molecular weight excluding hydrogens is 434 g/mol. The summed E-state index contributed by atoms with van der Waals surface area (Å²) in [5, 5.41) is 4.37. The van der Waals surface area contributed by atoms with Gasteiger partial charge < -0.3 is 15.0 Å². The maximum atomic E-state index is 13.2. The van der Waals surface area contributed by atoms with Gasteiger partial charge in [0, 0.05) is 32.8 Å². The van der Waals surface area contributed by atoms with Gasteiger partial charge in [-0.3, -0.25) is 14.2 Å². The van der Waals surface area contributed by atoms with Gasteiger partial charge >= 0.3 is 0 Å². The summed E-state index contributed by atoms with van der Waals surface area (Å²) >= 11 is 2.75. The van der Waals surface area contributed by atoms with E-state index in [1.54, 1.807) is 4.57 Å². The fourth-order valence-electron chi connectivity index (χ4n) is 3.96.